The monoisotopic (exact) mass is 337 g/mol. The molecule has 0 radical (unpaired) electrons. The Morgan fingerprint density at radius 1 is 0.800 bits per heavy atom. The summed E-state index contributed by atoms with van der Waals surface area (Å²) in [4.78, 5) is 8.60. The largest absolute Gasteiger partial charge is 0.493 e. The Bertz CT molecular complexity index is 829. The fourth-order valence-corrected chi connectivity index (χ4v) is 2.49. The summed E-state index contributed by atoms with van der Waals surface area (Å²) >= 11 is 0. The standard InChI is InChI=1S/C19H19N3O3/c1-23-16-9-14(10-17(24-2)19(16)25-3)22-18-11-15(20-12-21-18)13-7-5-4-6-8-13/h4-12H,1-3H3,(H,20,21,22). The third kappa shape index (κ3) is 3.63. The number of hydrogen-bond donors (Lipinski definition) is 1. The minimum atomic E-state index is 0.545. The van der Waals surface area contributed by atoms with Crippen LogP contribution in [0, 0.1) is 0 Å². The number of benzene rings is 2. The molecule has 0 saturated carbocycles. The fraction of sp³-hybridized carbons (Fsp3) is 0.158. The summed E-state index contributed by atoms with van der Waals surface area (Å²) in [6, 6.07) is 15.5. The van der Waals surface area contributed by atoms with Gasteiger partial charge in [-0.25, -0.2) is 9.97 Å². The Labute approximate surface area is 146 Å². The topological polar surface area (TPSA) is 65.5 Å². The van der Waals surface area contributed by atoms with Crippen LogP contribution in [0.25, 0.3) is 11.3 Å². The predicted octanol–water partition coefficient (Wildman–Crippen LogP) is 3.91. The minimum absolute atomic E-state index is 0.545. The molecule has 1 N–H and O–H groups in total. The predicted molar refractivity (Wildman–Crippen MR) is 96.8 cm³/mol. The molecule has 0 spiro atoms. The third-order valence-corrected chi connectivity index (χ3v) is 3.67. The molecule has 6 heteroatoms. The molecular weight excluding hydrogens is 318 g/mol. The lowest BCUT2D eigenvalue weighted by Gasteiger charge is -2.15. The Balaban J connectivity index is 1.93. The van der Waals surface area contributed by atoms with Gasteiger partial charge in [-0.1, -0.05) is 30.3 Å². The molecule has 2 aromatic carbocycles. The Kier molecular flexibility index (Phi) is 4.99. The first-order chi connectivity index (χ1) is 12.2. The minimum Gasteiger partial charge on any atom is -0.493 e. The molecular formula is C19H19N3O3. The van der Waals surface area contributed by atoms with Gasteiger partial charge in [0.1, 0.15) is 12.1 Å². The summed E-state index contributed by atoms with van der Waals surface area (Å²) in [7, 11) is 4.74. The molecule has 3 rings (SSSR count). The fourth-order valence-electron chi connectivity index (χ4n) is 2.49. The molecule has 0 saturated heterocycles. The van der Waals surface area contributed by atoms with Crippen LogP contribution in [0.1, 0.15) is 0 Å². The molecule has 0 aliphatic carbocycles. The molecule has 0 unspecified atom stereocenters. The van der Waals surface area contributed by atoms with Crippen molar-refractivity contribution in [2.24, 2.45) is 0 Å². The molecule has 0 aliphatic heterocycles. The Morgan fingerprint density at radius 3 is 2.08 bits per heavy atom. The lowest BCUT2D eigenvalue weighted by Crippen LogP contribution is -1.99. The maximum absolute atomic E-state index is 5.37. The summed E-state index contributed by atoms with van der Waals surface area (Å²) < 4.78 is 16.1. The quantitative estimate of drug-likeness (QED) is 0.735. The van der Waals surface area contributed by atoms with Crippen molar-refractivity contribution in [3.05, 3.63) is 54.9 Å². The van der Waals surface area contributed by atoms with E-state index in [0.717, 1.165) is 16.9 Å². The van der Waals surface area contributed by atoms with Gasteiger partial charge in [0.15, 0.2) is 11.5 Å². The van der Waals surface area contributed by atoms with E-state index >= 15 is 0 Å². The Hall–Kier alpha value is -3.28. The smallest absolute Gasteiger partial charge is 0.203 e. The highest BCUT2D eigenvalue weighted by atomic mass is 16.5. The molecule has 25 heavy (non-hydrogen) atoms. The summed E-state index contributed by atoms with van der Waals surface area (Å²) in [6.07, 6.45) is 1.53. The molecule has 0 atom stereocenters. The number of nitrogens with zero attached hydrogens (tertiary/aromatic N) is 2. The zero-order chi connectivity index (χ0) is 17.6. The van der Waals surface area contributed by atoms with Crippen LogP contribution in [0.5, 0.6) is 17.2 Å². The second kappa shape index (κ2) is 7.53. The molecule has 1 aromatic heterocycles. The van der Waals surface area contributed by atoms with E-state index < -0.39 is 0 Å². The van der Waals surface area contributed by atoms with Gasteiger partial charge in [-0.2, -0.15) is 0 Å². The lowest BCUT2D eigenvalue weighted by atomic mass is 10.1. The molecule has 3 aromatic rings. The summed E-state index contributed by atoms with van der Waals surface area (Å²) in [6.45, 7) is 0. The highest BCUT2D eigenvalue weighted by Gasteiger charge is 2.13. The highest BCUT2D eigenvalue weighted by molar-refractivity contribution is 5.69. The van der Waals surface area contributed by atoms with Gasteiger partial charge in [0.25, 0.3) is 0 Å². The molecule has 0 bridgehead atoms. The summed E-state index contributed by atoms with van der Waals surface area (Å²) in [5.41, 5.74) is 2.63. The van der Waals surface area contributed by atoms with Gasteiger partial charge in [0.2, 0.25) is 5.75 Å². The lowest BCUT2D eigenvalue weighted by molar-refractivity contribution is 0.324. The van der Waals surface area contributed by atoms with Crippen molar-refractivity contribution in [2.45, 2.75) is 0 Å². The molecule has 0 amide bonds. The first-order valence-corrected chi connectivity index (χ1v) is 7.69. The maximum Gasteiger partial charge on any atom is 0.203 e. The van der Waals surface area contributed by atoms with E-state index in [9.17, 15) is 0 Å². The van der Waals surface area contributed by atoms with Crippen LogP contribution in [-0.2, 0) is 0 Å². The number of anilines is 2. The zero-order valence-corrected chi connectivity index (χ0v) is 14.3. The number of methoxy groups -OCH3 is 3. The van der Waals surface area contributed by atoms with E-state index in [0.29, 0.717) is 23.1 Å². The van der Waals surface area contributed by atoms with Crippen LogP contribution in [0.2, 0.25) is 0 Å². The molecule has 128 valence electrons. The van der Waals surface area contributed by atoms with Crippen molar-refractivity contribution in [3.8, 4) is 28.5 Å². The number of aromatic nitrogens is 2. The van der Waals surface area contributed by atoms with Crippen LogP contribution in [0.15, 0.2) is 54.9 Å². The van der Waals surface area contributed by atoms with Gasteiger partial charge in [-0.3, -0.25) is 0 Å². The molecule has 0 aliphatic rings. The van der Waals surface area contributed by atoms with Gasteiger partial charge >= 0.3 is 0 Å². The average molecular weight is 337 g/mol. The number of ether oxygens (including phenoxy) is 3. The van der Waals surface area contributed by atoms with Crippen molar-refractivity contribution in [1.29, 1.82) is 0 Å². The highest BCUT2D eigenvalue weighted by Crippen LogP contribution is 2.40. The van der Waals surface area contributed by atoms with Crippen LogP contribution >= 0.6 is 0 Å². The molecule has 0 fully saturated rings. The van der Waals surface area contributed by atoms with Gasteiger partial charge < -0.3 is 19.5 Å². The molecule has 6 nitrogen and oxygen atoms in total. The number of hydrogen-bond acceptors (Lipinski definition) is 6. The van der Waals surface area contributed by atoms with Gasteiger partial charge in [0.05, 0.1) is 27.0 Å². The van der Waals surface area contributed by atoms with E-state index in [1.54, 1.807) is 21.3 Å². The first kappa shape index (κ1) is 16.6. The van der Waals surface area contributed by atoms with Crippen LogP contribution in [0.4, 0.5) is 11.5 Å². The van der Waals surface area contributed by atoms with E-state index in [-0.39, 0.29) is 0 Å². The maximum atomic E-state index is 5.37. The van der Waals surface area contributed by atoms with Crippen LogP contribution in [-0.4, -0.2) is 31.3 Å². The van der Waals surface area contributed by atoms with Gasteiger partial charge in [-0.05, 0) is 0 Å². The number of nitrogens with one attached hydrogen (secondary N) is 1. The number of rotatable bonds is 6. The summed E-state index contributed by atoms with van der Waals surface area (Å²) in [5, 5.41) is 3.25. The Morgan fingerprint density at radius 2 is 1.48 bits per heavy atom. The van der Waals surface area contributed by atoms with Gasteiger partial charge in [0, 0.05) is 29.4 Å². The second-order valence-corrected chi connectivity index (χ2v) is 5.19. The van der Waals surface area contributed by atoms with Crippen molar-refractivity contribution in [2.75, 3.05) is 26.6 Å². The zero-order valence-electron chi connectivity index (χ0n) is 14.3. The van der Waals surface area contributed by atoms with Crippen molar-refractivity contribution >= 4 is 11.5 Å². The van der Waals surface area contributed by atoms with E-state index in [1.807, 2.05) is 48.5 Å². The van der Waals surface area contributed by atoms with Crippen LogP contribution in [0.3, 0.4) is 0 Å². The third-order valence-electron chi connectivity index (χ3n) is 3.67. The second-order valence-electron chi connectivity index (χ2n) is 5.19. The van der Waals surface area contributed by atoms with Crippen molar-refractivity contribution in [1.82, 2.24) is 9.97 Å². The average Bonchev–Trinajstić information content (AvgIpc) is 2.68. The summed E-state index contributed by atoms with van der Waals surface area (Å²) in [5.74, 6) is 2.36. The molecule has 1 heterocycles. The SMILES string of the molecule is COc1cc(Nc2cc(-c3ccccc3)ncn2)cc(OC)c1OC. The van der Waals surface area contributed by atoms with Crippen LogP contribution < -0.4 is 19.5 Å². The van der Waals surface area contributed by atoms with E-state index in [2.05, 4.69) is 15.3 Å². The van der Waals surface area contributed by atoms with Gasteiger partial charge in [-0.15, -0.1) is 0 Å². The van der Waals surface area contributed by atoms with E-state index in [4.69, 9.17) is 14.2 Å². The van der Waals surface area contributed by atoms with E-state index in [1.165, 1.54) is 6.33 Å². The first-order valence-electron chi connectivity index (χ1n) is 7.69. The normalized spacial score (nSPS) is 10.2. The van der Waals surface area contributed by atoms with Crippen molar-refractivity contribution in [3.63, 3.8) is 0 Å². The van der Waals surface area contributed by atoms with Crippen molar-refractivity contribution < 1.29 is 14.2 Å².